The second kappa shape index (κ2) is 5.97. The molecule has 1 unspecified atom stereocenters. The van der Waals surface area contributed by atoms with Gasteiger partial charge in [0.15, 0.2) is 0 Å². The van der Waals surface area contributed by atoms with E-state index >= 15 is 0 Å². The normalized spacial score (nSPS) is 12.6. The zero-order valence-corrected chi connectivity index (χ0v) is 10.9. The van der Waals surface area contributed by atoms with Crippen molar-refractivity contribution >= 4 is 0 Å². The quantitative estimate of drug-likeness (QED) is 0.878. The van der Waals surface area contributed by atoms with Gasteiger partial charge < -0.3 is 10.3 Å². The van der Waals surface area contributed by atoms with Crippen LogP contribution in [0.25, 0.3) is 0 Å². The Labute approximate surface area is 111 Å². The number of rotatable bonds is 5. The van der Waals surface area contributed by atoms with Gasteiger partial charge in [-0.25, -0.2) is 8.78 Å². The first kappa shape index (κ1) is 13.7. The van der Waals surface area contributed by atoms with Crippen molar-refractivity contribution in [2.45, 2.75) is 32.4 Å². The smallest absolute Gasteiger partial charge is 0.126 e. The Bertz CT molecular complexity index is 529. The molecule has 19 heavy (non-hydrogen) atoms. The Kier molecular flexibility index (Phi) is 4.32. The zero-order chi connectivity index (χ0) is 13.8. The molecule has 1 aromatic carbocycles. The number of hydrogen-bond acceptors (Lipinski definition) is 1. The first-order chi connectivity index (χ1) is 9.08. The summed E-state index contributed by atoms with van der Waals surface area (Å²) in [6.07, 6.45) is 5.77. The Morgan fingerprint density at radius 1 is 1.21 bits per heavy atom. The van der Waals surface area contributed by atoms with E-state index in [0.717, 1.165) is 24.5 Å². The van der Waals surface area contributed by atoms with Crippen LogP contribution in [0.3, 0.4) is 0 Å². The van der Waals surface area contributed by atoms with Gasteiger partial charge in [-0.05, 0) is 35.7 Å². The van der Waals surface area contributed by atoms with Crippen molar-refractivity contribution < 1.29 is 8.78 Å². The van der Waals surface area contributed by atoms with Gasteiger partial charge in [-0.3, -0.25) is 0 Å². The predicted molar refractivity (Wildman–Crippen MR) is 71.7 cm³/mol. The summed E-state index contributed by atoms with van der Waals surface area (Å²) < 4.78 is 28.1. The van der Waals surface area contributed by atoms with Gasteiger partial charge in [-0.2, -0.15) is 0 Å². The fraction of sp³-hybridized carbons (Fsp3) is 0.333. The van der Waals surface area contributed by atoms with Crippen LogP contribution in [0, 0.1) is 11.6 Å². The van der Waals surface area contributed by atoms with Crippen LogP contribution in [-0.2, 0) is 6.54 Å². The monoisotopic (exact) mass is 264 g/mol. The van der Waals surface area contributed by atoms with E-state index in [9.17, 15) is 8.78 Å². The minimum atomic E-state index is -0.551. The number of halogens is 2. The van der Waals surface area contributed by atoms with Gasteiger partial charge in [0.05, 0.1) is 0 Å². The minimum absolute atomic E-state index is 0.0236. The molecule has 0 amide bonds. The Balaban J connectivity index is 2.11. The molecule has 0 aliphatic heterocycles. The lowest BCUT2D eigenvalue weighted by molar-refractivity contribution is 0.577. The Morgan fingerprint density at radius 2 is 1.89 bits per heavy atom. The molecule has 2 nitrogen and oxygen atoms in total. The summed E-state index contributed by atoms with van der Waals surface area (Å²) in [5.74, 6) is -1.10. The van der Waals surface area contributed by atoms with Gasteiger partial charge in [-0.1, -0.05) is 13.3 Å². The standard InChI is InChI=1S/C15H18F2N2/c1-2-3-15(18)12-4-5-19(10-12)9-11-6-13(16)8-14(17)7-11/h4-8,10,15H,2-3,9,18H2,1H3. The highest BCUT2D eigenvalue weighted by Crippen LogP contribution is 2.17. The van der Waals surface area contributed by atoms with E-state index in [2.05, 4.69) is 6.92 Å². The van der Waals surface area contributed by atoms with E-state index in [1.165, 1.54) is 12.1 Å². The highest BCUT2D eigenvalue weighted by Gasteiger charge is 2.07. The molecule has 1 aromatic heterocycles. The molecule has 1 heterocycles. The van der Waals surface area contributed by atoms with Crippen LogP contribution in [0.15, 0.2) is 36.7 Å². The SMILES string of the molecule is CCCC(N)c1ccn(Cc2cc(F)cc(F)c2)c1. The van der Waals surface area contributed by atoms with Crippen LogP contribution in [-0.4, -0.2) is 4.57 Å². The third-order valence-corrected chi connectivity index (χ3v) is 3.09. The maximum absolute atomic E-state index is 13.1. The number of aromatic nitrogens is 1. The lowest BCUT2D eigenvalue weighted by Gasteiger charge is -2.08. The molecule has 2 rings (SSSR count). The summed E-state index contributed by atoms with van der Waals surface area (Å²) in [5, 5.41) is 0. The molecule has 2 aromatic rings. The molecule has 2 N–H and O–H groups in total. The van der Waals surface area contributed by atoms with Gasteiger partial charge in [0, 0.05) is 31.0 Å². The molecule has 0 spiro atoms. The average Bonchev–Trinajstić information content (AvgIpc) is 2.76. The Morgan fingerprint density at radius 3 is 2.53 bits per heavy atom. The van der Waals surface area contributed by atoms with Crippen LogP contribution in [0.1, 0.15) is 36.9 Å². The van der Waals surface area contributed by atoms with Gasteiger partial charge in [0.25, 0.3) is 0 Å². The molecular formula is C15H18F2N2. The van der Waals surface area contributed by atoms with E-state index in [4.69, 9.17) is 5.73 Å². The number of nitrogens with two attached hydrogens (primary N) is 1. The Hall–Kier alpha value is -1.68. The maximum atomic E-state index is 13.1. The van der Waals surface area contributed by atoms with Crippen LogP contribution in [0.2, 0.25) is 0 Å². The van der Waals surface area contributed by atoms with Crippen LogP contribution in [0.4, 0.5) is 8.78 Å². The summed E-state index contributed by atoms with van der Waals surface area (Å²) in [4.78, 5) is 0. The molecule has 0 radical (unpaired) electrons. The first-order valence-electron chi connectivity index (χ1n) is 6.44. The third-order valence-electron chi connectivity index (χ3n) is 3.09. The van der Waals surface area contributed by atoms with Crippen LogP contribution < -0.4 is 5.73 Å². The fourth-order valence-corrected chi connectivity index (χ4v) is 2.17. The summed E-state index contributed by atoms with van der Waals surface area (Å²) in [7, 11) is 0. The maximum Gasteiger partial charge on any atom is 0.126 e. The van der Waals surface area contributed by atoms with Crippen molar-refractivity contribution in [2.24, 2.45) is 5.73 Å². The molecule has 4 heteroatoms. The van der Waals surface area contributed by atoms with E-state index < -0.39 is 11.6 Å². The second-order valence-electron chi connectivity index (χ2n) is 4.79. The molecule has 102 valence electrons. The lowest BCUT2D eigenvalue weighted by Crippen LogP contribution is -2.08. The highest BCUT2D eigenvalue weighted by atomic mass is 19.1. The summed E-state index contributed by atoms with van der Waals surface area (Å²) in [5.41, 5.74) is 7.68. The van der Waals surface area contributed by atoms with Gasteiger partial charge in [0.2, 0.25) is 0 Å². The molecule has 0 aliphatic rings. The van der Waals surface area contributed by atoms with Crippen molar-refractivity contribution in [3.8, 4) is 0 Å². The van der Waals surface area contributed by atoms with Crippen molar-refractivity contribution in [1.82, 2.24) is 4.57 Å². The molecule has 1 atom stereocenters. The molecule has 0 fully saturated rings. The molecule has 0 aliphatic carbocycles. The second-order valence-corrected chi connectivity index (χ2v) is 4.79. The molecule has 0 bridgehead atoms. The molecule has 0 saturated heterocycles. The average molecular weight is 264 g/mol. The van der Waals surface area contributed by atoms with Crippen LogP contribution in [0.5, 0.6) is 0 Å². The van der Waals surface area contributed by atoms with Crippen molar-refractivity contribution in [2.75, 3.05) is 0 Å². The van der Waals surface area contributed by atoms with Crippen molar-refractivity contribution in [3.05, 3.63) is 59.4 Å². The molecular weight excluding hydrogens is 246 g/mol. The fourth-order valence-electron chi connectivity index (χ4n) is 2.17. The van der Waals surface area contributed by atoms with Crippen molar-refractivity contribution in [3.63, 3.8) is 0 Å². The van der Waals surface area contributed by atoms with E-state index in [-0.39, 0.29) is 6.04 Å². The first-order valence-corrected chi connectivity index (χ1v) is 6.44. The number of nitrogens with zero attached hydrogens (tertiary/aromatic N) is 1. The van der Waals surface area contributed by atoms with Crippen LogP contribution >= 0.6 is 0 Å². The van der Waals surface area contributed by atoms with E-state index in [1.807, 2.05) is 23.0 Å². The van der Waals surface area contributed by atoms with E-state index in [1.54, 1.807) is 0 Å². The third kappa shape index (κ3) is 3.64. The number of hydrogen-bond donors (Lipinski definition) is 1. The molecule has 0 saturated carbocycles. The van der Waals surface area contributed by atoms with Crippen molar-refractivity contribution in [1.29, 1.82) is 0 Å². The van der Waals surface area contributed by atoms with Gasteiger partial charge in [-0.15, -0.1) is 0 Å². The zero-order valence-electron chi connectivity index (χ0n) is 10.9. The summed E-state index contributed by atoms with van der Waals surface area (Å²) in [6.45, 7) is 2.53. The van der Waals surface area contributed by atoms with Gasteiger partial charge in [0.1, 0.15) is 11.6 Å². The summed E-state index contributed by atoms with van der Waals surface area (Å²) >= 11 is 0. The summed E-state index contributed by atoms with van der Waals surface area (Å²) in [6, 6.07) is 5.54. The lowest BCUT2D eigenvalue weighted by atomic mass is 10.1. The predicted octanol–water partition coefficient (Wildman–Crippen LogP) is 3.61. The van der Waals surface area contributed by atoms with E-state index in [0.29, 0.717) is 12.1 Å². The largest absolute Gasteiger partial charge is 0.350 e. The number of benzene rings is 1. The minimum Gasteiger partial charge on any atom is -0.350 e. The topological polar surface area (TPSA) is 30.9 Å². The van der Waals surface area contributed by atoms with Gasteiger partial charge >= 0.3 is 0 Å². The highest BCUT2D eigenvalue weighted by molar-refractivity contribution is 5.20.